The lowest BCUT2D eigenvalue weighted by Crippen LogP contribution is -2.26. The Kier molecular flexibility index (Phi) is 8.18. The van der Waals surface area contributed by atoms with Gasteiger partial charge < -0.3 is 15.6 Å². The van der Waals surface area contributed by atoms with Crippen molar-refractivity contribution in [3.05, 3.63) is 106 Å². The Morgan fingerprint density at radius 3 is 2.40 bits per heavy atom. The van der Waals surface area contributed by atoms with Gasteiger partial charge in [-0.1, -0.05) is 41.4 Å². The topological polar surface area (TPSA) is 128 Å². The van der Waals surface area contributed by atoms with E-state index in [0.717, 1.165) is 5.56 Å². The summed E-state index contributed by atoms with van der Waals surface area (Å²) in [7, 11) is 0. The van der Waals surface area contributed by atoms with Crippen LogP contribution in [0.5, 0.6) is 0 Å². The first-order valence-corrected chi connectivity index (χ1v) is 13.4. The molecule has 1 amide bonds. The maximum Gasteiger partial charge on any atom is 0.449 e. The smallest absolute Gasteiger partial charge is 0.369 e. The SMILES string of the molecule is Cc1ccc(C(=O)c2nn(-c3ccc(Cl)cc3)c(NCCCNC(=O)c3ccc4nc(C(F)(F)F)[nH]c4c3)c2C#N)cc1. The molecule has 0 unspecified atom stereocenters. The number of imidazole rings is 1. The average molecular weight is 606 g/mol. The molecule has 3 aromatic carbocycles. The lowest BCUT2D eigenvalue weighted by atomic mass is 10.0. The number of anilines is 1. The van der Waals surface area contributed by atoms with Gasteiger partial charge in [0.1, 0.15) is 17.5 Å². The highest BCUT2D eigenvalue weighted by Crippen LogP contribution is 2.29. The van der Waals surface area contributed by atoms with Gasteiger partial charge in [-0.2, -0.15) is 23.5 Å². The summed E-state index contributed by atoms with van der Waals surface area (Å²) in [5.74, 6) is -1.71. The first-order chi connectivity index (χ1) is 20.5. The van der Waals surface area contributed by atoms with Crippen molar-refractivity contribution in [2.24, 2.45) is 0 Å². The van der Waals surface area contributed by atoms with Gasteiger partial charge in [0.2, 0.25) is 11.6 Å². The van der Waals surface area contributed by atoms with Crippen molar-refractivity contribution >= 4 is 40.1 Å². The largest absolute Gasteiger partial charge is 0.449 e. The molecule has 2 aromatic heterocycles. The van der Waals surface area contributed by atoms with Crippen LogP contribution in [-0.2, 0) is 6.18 Å². The van der Waals surface area contributed by atoms with E-state index in [2.05, 4.69) is 31.8 Å². The number of H-pyrrole nitrogens is 1. The zero-order valence-electron chi connectivity index (χ0n) is 22.6. The van der Waals surface area contributed by atoms with E-state index in [1.807, 2.05) is 6.92 Å². The summed E-state index contributed by atoms with van der Waals surface area (Å²) >= 11 is 6.05. The number of halogens is 4. The molecule has 9 nitrogen and oxygen atoms in total. The van der Waals surface area contributed by atoms with Gasteiger partial charge in [0.05, 0.1) is 16.7 Å². The van der Waals surface area contributed by atoms with Crippen molar-refractivity contribution in [2.45, 2.75) is 19.5 Å². The number of aryl methyl sites for hydroxylation is 1. The van der Waals surface area contributed by atoms with Gasteiger partial charge in [-0.05, 0) is 55.8 Å². The Hall–Kier alpha value is -5.15. The summed E-state index contributed by atoms with van der Waals surface area (Å²) < 4.78 is 40.3. The molecule has 0 atom stereocenters. The molecule has 0 saturated heterocycles. The van der Waals surface area contributed by atoms with E-state index in [-0.39, 0.29) is 34.4 Å². The summed E-state index contributed by atoms with van der Waals surface area (Å²) in [6, 6.07) is 19.8. The molecule has 0 bridgehead atoms. The number of amides is 1. The van der Waals surface area contributed by atoms with Gasteiger partial charge in [0, 0.05) is 29.2 Å². The van der Waals surface area contributed by atoms with Crippen LogP contribution < -0.4 is 10.6 Å². The Labute approximate surface area is 248 Å². The molecule has 218 valence electrons. The number of hydrogen-bond acceptors (Lipinski definition) is 6. The second-order valence-electron chi connectivity index (χ2n) is 9.62. The summed E-state index contributed by atoms with van der Waals surface area (Å²) in [6.45, 7) is 2.41. The number of fused-ring (bicyclic) bond motifs is 1. The van der Waals surface area contributed by atoms with Crippen molar-refractivity contribution < 1.29 is 22.8 Å². The predicted molar refractivity (Wildman–Crippen MR) is 154 cm³/mol. The molecule has 0 aliphatic heterocycles. The van der Waals surface area contributed by atoms with Gasteiger partial charge >= 0.3 is 6.18 Å². The molecular formula is C30H23ClF3N7O2. The fourth-order valence-electron chi connectivity index (χ4n) is 4.34. The molecule has 5 rings (SSSR count). The molecule has 0 spiro atoms. The Morgan fingerprint density at radius 2 is 1.72 bits per heavy atom. The van der Waals surface area contributed by atoms with Crippen molar-refractivity contribution in [3.63, 3.8) is 0 Å². The van der Waals surface area contributed by atoms with Crippen LogP contribution in [0, 0.1) is 18.3 Å². The predicted octanol–water partition coefficient (Wildman–Crippen LogP) is 6.06. The number of rotatable bonds is 9. The first kappa shape index (κ1) is 29.3. The highest BCUT2D eigenvalue weighted by molar-refractivity contribution is 6.30. The van der Waals surface area contributed by atoms with Crippen molar-refractivity contribution in [1.29, 1.82) is 5.26 Å². The number of aromatic nitrogens is 4. The number of carbonyl (C=O) groups excluding carboxylic acids is 2. The van der Waals surface area contributed by atoms with E-state index in [1.165, 1.54) is 22.9 Å². The van der Waals surface area contributed by atoms with Crippen LogP contribution in [0.4, 0.5) is 19.0 Å². The molecule has 0 fully saturated rings. The van der Waals surface area contributed by atoms with E-state index in [4.69, 9.17) is 11.6 Å². The van der Waals surface area contributed by atoms with Crippen LogP contribution in [-0.4, -0.2) is 44.5 Å². The number of ketones is 1. The fraction of sp³-hybridized carbons (Fsp3) is 0.167. The van der Waals surface area contributed by atoms with Crippen LogP contribution in [0.25, 0.3) is 16.7 Å². The van der Waals surface area contributed by atoms with E-state index in [1.54, 1.807) is 48.5 Å². The van der Waals surface area contributed by atoms with Crippen molar-refractivity contribution in [2.75, 3.05) is 18.4 Å². The second kappa shape index (κ2) is 12.0. The number of alkyl halides is 3. The normalized spacial score (nSPS) is 11.3. The molecule has 3 N–H and O–H groups in total. The quantitative estimate of drug-likeness (QED) is 0.138. The molecule has 0 radical (unpaired) electrons. The Morgan fingerprint density at radius 1 is 1.02 bits per heavy atom. The first-order valence-electron chi connectivity index (χ1n) is 13.0. The number of carbonyl (C=O) groups is 2. The van der Waals surface area contributed by atoms with Crippen molar-refractivity contribution in [1.82, 2.24) is 25.1 Å². The molecular weight excluding hydrogens is 583 g/mol. The summed E-state index contributed by atoms with van der Waals surface area (Å²) in [5.41, 5.74) is 2.36. The maximum atomic E-state index is 13.3. The van der Waals surface area contributed by atoms with Crippen LogP contribution in [0.3, 0.4) is 0 Å². The molecule has 13 heteroatoms. The van der Waals surface area contributed by atoms with Crippen LogP contribution in [0.2, 0.25) is 5.02 Å². The van der Waals surface area contributed by atoms with E-state index in [9.17, 15) is 28.0 Å². The molecule has 43 heavy (non-hydrogen) atoms. The van der Waals surface area contributed by atoms with Gasteiger partial charge in [0.25, 0.3) is 5.91 Å². The lowest BCUT2D eigenvalue weighted by Gasteiger charge is -2.11. The number of nitriles is 1. The van der Waals surface area contributed by atoms with Gasteiger partial charge in [-0.3, -0.25) is 9.59 Å². The standard InChI is InChI=1S/C30H23ClF3N7O2/c1-17-3-5-18(6-4-17)26(42)25-22(16-35)27(41(40-25)21-10-8-20(31)9-11-21)36-13-2-14-37-28(43)19-7-12-23-24(15-19)39-29(38-23)30(32,33)34/h3-12,15,36H,2,13-14H2,1H3,(H,37,43)(H,38,39). The number of benzene rings is 3. The number of nitrogens with one attached hydrogen (secondary N) is 3. The molecule has 0 aliphatic rings. The molecule has 0 saturated carbocycles. The minimum atomic E-state index is -4.63. The zero-order chi connectivity index (χ0) is 30.7. The third-order valence-electron chi connectivity index (χ3n) is 6.54. The minimum absolute atomic E-state index is 0.0139. The maximum absolute atomic E-state index is 13.3. The lowest BCUT2D eigenvalue weighted by molar-refractivity contribution is -0.144. The molecule has 5 aromatic rings. The third-order valence-corrected chi connectivity index (χ3v) is 6.79. The van der Waals surface area contributed by atoms with E-state index < -0.39 is 23.7 Å². The van der Waals surface area contributed by atoms with Gasteiger partial charge in [-0.15, -0.1) is 0 Å². The van der Waals surface area contributed by atoms with Gasteiger partial charge in [0.15, 0.2) is 5.69 Å². The molecule has 2 heterocycles. The monoisotopic (exact) mass is 605 g/mol. The number of hydrogen-bond donors (Lipinski definition) is 3. The molecule has 0 aliphatic carbocycles. The summed E-state index contributed by atoms with van der Waals surface area (Å²) in [4.78, 5) is 31.6. The summed E-state index contributed by atoms with van der Waals surface area (Å²) in [5, 5.41) is 20.9. The third kappa shape index (κ3) is 6.37. The number of aromatic amines is 1. The van der Waals surface area contributed by atoms with Crippen molar-refractivity contribution in [3.8, 4) is 11.8 Å². The zero-order valence-corrected chi connectivity index (χ0v) is 23.3. The minimum Gasteiger partial charge on any atom is -0.369 e. The Balaban J connectivity index is 1.29. The fourth-order valence-corrected chi connectivity index (χ4v) is 4.47. The van der Waals surface area contributed by atoms with E-state index >= 15 is 0 Å². The second-order valence-corrected chi connectivity index (χ2v) is 10.1. The summed E-state index contributed by atoms with van der Waals surface area (Å²) in [6.07, 6.45) is -4.22. The Bertz CT molecular complexity index is 1850. The van der Waals surface area contributed by atoms with Crippen LogP contribution in [0.15, 0.2) is 66.7 Å². The van der Waals surface area contributed by atoms with E-state index in [0.29, 0.717) is 35.1 Å². The highest BCUT2D eigenvalue weighted by Gasteiger charge is 2.34. The van der Waals surface area contributed by atoms with Gasteiger partial charge in [-0.25, -0.2) is 9.67 Å². The average Bonchev–Trinajstić information content (AvgIpc) is 3.59. The highest BCUT2D eigenvalue weighted by atomic mass is 35.5. The van der Waals surface area contributed by atoms with Crippen LogP contribution >= 0.6 is 11.6 Å². The number of nitrogens with zero attached hydrogens (tertiary/aromatic N) is 4. The van der Waals surface area contributed by atoms with Crippen LogP contribution in [0.1, 0.15) is 49.8 Å².